The van der Waals surface area contributed by atoms with Crippen LogP contribution in [0.25, 0.3) is 0 Å². The van der Waals surface area contributed by atoms with Crippen LogP contribution in [-0.2, 0) is 22.6 Å². The number of thiazole rings is 1. The maximum absolute atomic E-state index is 13.6. The maximum Gasteiger partial charge on any atom is 0.253 e. The molecule has 3 heterocycles. The summed E-state index contributed by atoms with van der Waals surface area (Å²) >= 11 is 1.74. The molecule has 0 N–H and O–H groups in total. The van der Waals surface area contributed by atoms with Crippen LogP contribution in [0.3, 0.4) is 0 Å². The summed E-state index contributed by atoms with van der Waals surface area (Å²) in [5, 5.41) is 1.06. The third kappa shape index (κ3) is 6.65. The molecule has 1 atom stereocenters. The molecule has 1 unspecified atom stereocenters. The van der Waals surface area contributed by atoms with Crippen molar-refractivity contribution in [2.45, 2.75) is 46.9 Å². The van der Waals surface area contributed by atoms with Crippen LogP contribution in [0.2, 0.25) is 0 Å². The van der Waals surface area contributed by atoms with Gasteiger partial charge in [-0.1, -0.05) is 19.9 Å². The van der Waals surface area contributed by atoms with Gasteiger partial charge in [0.2, 0.25) is 0 Å². The van der Waals surface area contributed by atoms with Gasteiger partial charge in [-0.15, -0.1) is 11.3 Å². The van der Waals surface area contributed by atoms with Gasteiger partial charge in [0.05, 0.1) is 6.61 Å². The van der Waals surface area contributed by atoms with Gasteiger partial charge in [0.1, 0.15) is 19.3 Å². The van der Waals surface area contributed by atoms with Gasteiger partial charge in [-0.05, 0) is 37.5 Å². The Balaban J connectivity index is 1.40. The highest BCUT2D eigenvalue weighted by molar-refractivity contribution is 7.15. The van der Waals surface area contributed by atoms with Crippen LogP contribution in [0, 0.1) is 5.92 Å². The predicted octanol–water partition coefficient (Wildman–Crippen LogP) is 3.65. The summed E-state index contributed by atoms with van der Waals surface area (Å²) < 4.78 is 17.4. The second kappa shape index (κ2) is 12.1. The summed E-state index contributed by atoms with van der Waals surface area (Å²) in [5.41, 5.74) is 1.03. The number of morpholine rings is 1. The smallest absolute Gasteiger partial charge is 0.253 e. The van der Waals surface area contributed by atoms with Crippen LogP contribution in [0.5, 0.6) is 11.5 Å². The molecule has 0 bridgehead atoms. The number of amides is 1. The van der Waals surface area contributed by atoms with Crippen molar-refractivity contribution >= 4 is 22.4 Å². The van der Waals surface area contributed by atoms with Crippen molar-refractivity contribution in [2.24, 2.45) is 5.92 Å². The fourth-order valence-electron chi connectivity index (χ4n) is 4.51. The Bertz CT molecular complexity index is 978. The van der Waals surface area contributed by atoms with Gasteiger partial charge in [-0.25, -0.2) is 4.98 Å². The number of nitrogens with zero attached hydrogens (tertiary/aromatic N) is 4. The normalized spacial score (nSPS) is 18.0. The summed E-state index contributed by atoms with van der Waals surface area (Å²) in [7, 11) is 0. The van der Waals surface area contributed by atoms with E-state index >= 15 is 0 Å². The number of aromatic nitrogens is 1. The molecule has 2 aliphatic heterocycles. The lowest BCUT2D eigenvalue weighted by Crippen LogP contribution is -2.51. The molecule has 0 aliphatic carbocycles. The zero-order chi connectivity index (χ0) is 24.8. The van der Waals surface area contributed by atoms with E-state index in [4.69, 9.17) is 14.2 Å². The lowest BCUT2D eigenvalue weighted by Gasteiger charge is -2.35. The first-order chi connectivity index (χ1) is 17.0. The fraction of sp³-hybridized carbons (Fsp3) is 0.615. The molecule has 4 rings (SSSR count). The minimum Gasteiger partial charge on any atom is -0.486 e. The van der Waals surface area contributed by atoms with E-state index in [2.05, 4.69) is 42.5 Å². The number of fused-ring (bicyclic) bond motifs is 1. The zero-order valence-electron chi connectivity index (χ0n) is 21.4. The molecule has 8 nitrogen and oxygen atoms in total. The Labute approximate surface area is 212 Å². The number of ether oxygens (including phenoxy) is 3. The van der Waals surface area contributed by atoms with Crippen LogP contribution in [-0.4, -0.2) is 79.3 Å². The fourth-order valence-corrected chi connectivity index (χ4v) is 5.59. The summed E-state index contributed by atoms with van der Waals surface area (Å²) in [4.78, 5) is 25.9. The van der Waals surface area contributed by atoms with E-state index in [1.165, 1.54) is 4.88 Å². The van der Waals surface area contributed by atoms with E-state index in [1.807, 2.05) is 29.3 Å². The van der Waals surface area contributed by atoms with E-state index in [9.17, 15) is 4.79 Å². The molecule has 0 spiro atoms. The number of hydrogen-bond donors (Lipinski definition) is 0. The Hall–Kier alpha value is -2.36. The second-order valence-corrected chi connectivity index (χ2v) is 10.6. The van der Waals surface area contributed by atoms with Crippen molar-refractivity contribution in [3.8, 4) is 11.5 Å². The molecular weight excluding hydrogens is 464 g/mol. The lowest BCUT2D eigenvalue weighted by atomic mass is 10.1. The average Bonchev–Trinajstić information content (AvgIpc) is 3.32. The molecule has 2 aliphatic rings. The molecular formula is C26H38N4O4S. The van der Waals surface area contributed by atoms with Gasteiger partial charge >= 0.3 is 0 Å². The van der Waals surface area contributed by atoms with Crippen LogP contribution in [0.4, 0.5) is 5.13 Å². The van der Waals surface area contributed by atoms with Crippen molar-refractivity contribution < 1.29 is 19.0 Å². The minimum absolute atomic E-state index is 0.0476. The third-order valence-corrected chi connectivity index (χ3v) is 7.30. The van der Waals surface area contributed by atoms with Crippen molar-refractivity contribution in [3.05, 3.63) is 34.8 Å². The summed E-state index contributed by atoms with van der Waals surface area (Å²) in [6, 6.07) is 5.93. The first-order valence-electron chi connectivity index (χ1n) is 12.7. The van der Waals surface area contributed by atoms with Crippen LogP contribution in [0.15, 0.2) is 24.4 Å². The molecule has 1 amide bonds. The topological polar surface area (TPSA) is 67.4 Å². The number of benzene rings is 1. The van der Waals surface area contributed by atoms with Crippen LogP contribution < -0.4 is 14.4 Å². The van der Waals surface area contributed by atoms with E-state index < -0.39 is 6.10 Å². The second-order valence-electron chi connectivity index (χ2n) is 9.47. The Morgan fingerprint density at radius 3 is 2.69 bits per heavy atom. The van der Waals surface area contributed by atoms with Gasteiger partial charge in [0.25, 0.3) is 5.91 Å². The quantitative estimate of drug-likeness (QED) is 0.491. The molecule has 1 aromatic carbocycles. The maximum atomic E-state index is 13.6. The number of carbonyl (C=O) groups is 1. The standard InChI is InChI=1S/C26H38N4O4S/c1-5-29(6-2)26-27-14-21(35-26)17-28-9-10-32-24(18-28)25(31)30(15-19(3)4)16-20-7-8-22-23(13-20)34-12-11-33-22/h7-8,13-14,19,24H,5-6,9-12,15-18H2,1-4H3. The van der Waals surface area contributed by atoms with Gasteiger partial charge in [0, 0.05) is 56.9 Å². The summed E-state index contributed by atoms with van der Waals surface area (Å²) in [6.45, 7) is 15.5. The van der Waals surface area contributed by atoms with Crippen molar-refractivity contribution in [1.82, 2.24) is 14.8 Å². The highest BCUT2D eigenvalue weighted by Gasteiger charge is 2.31. The van der Waals surface area contributed by atoms with Gasteiger partial charge in [-0.2, -0.15) is 0 Å². The Morgan fingerprint density at radius 2 is 1.94 bits per heavy atom. The van der Waals surface area contributed by atoms with Gasteiger partial charge < -0.3 is 24.0 Å². The van der Waals surface area contributed by atoms with Crippen molar-refractivity contribution in [1.29, 1.82) is 0 Å². The molecule has 9 heteroatoms. The minimum atomic E-state index is -0.463. The first-order valence-corrected chi connectivity index (χ1v) is 13.5. The summed E-state index contributed by atoms with van der Waals surface area (Å²) in [6.07, 6.45) is 1.51. The molecule has 0 saturated carbocycles. The number of carbonyl (C=O) groups excluding carboxylic acids is 1. The molecule has 1 aromatic heterocycles. The predicted molar refractivity (Wildman–Crippen MR) is 138 cm³/mol. The van der Waals surface area contributed by atoms with Crippen LogP contribution in [0.1, 0.15) is 38.1 Å². The van der Waals surface area contributed by atoms with E-state index in [0.29, 0.717) is 45.4 Å². The van der Waals surface area contributed by atoms with Crippen molar-refractivity contribution in [3.63, 3.8) is 0 Å². The number of hydrogen-bond acceptors (Lipinski definition) is 8. The third-order valence-electron chi connectivity index (χ3n) is 6.26. The van der Waals surface area contributed by atoms with Crippen molar-refractivity contribution in [2.75, 3.05) is 57.4 Å². The first kappa shape index (κ1) is 25.7. The lowest BCUT2D eigenvalue weighted by molar-refractivity contribution is -0.151. The highest BCUT2D eigenvalue weighted by Crippen LogP contribution is 2.31. The Kier molecular flexibility index (Phi) is 8.86. The molecule has 2 aromatic rings. The average molecular weight is 503 g/mol. The molecule has 1 fully saturated rings. The summed E-state index contributed by atoms with van der Waals surface area (Å²) in [5.74, 6) is 1.91. The SMILES string of the molecule is CCN(CC)c1ncc(CN2CCOC(C(=O)N(Cc3ccc4c(c3)OCCO4)CC(C)C)C2)s1. The van der Waals surface area contributed by atoms with E-state index in [0.717, 1.165) is 48.4 Å². The zero-order valence-corrected chi connectivity index (χ0v) is 22.2. The number of rotatable bonds is 10. The van der Waals surface area contributed by atoms with Gasteiger partial charge in [-0.3, -0.25) is 9.69 Å². The van der Waals surface area contributed by atoms with E-state index in [-0.39, 0.29) is 5.91 Å². The number of anilines is 1. The molecule has 192 valence electrons. The Morgan fingerprint density at radius 1 is 1.17 bits per heavy atom. The van der Waals surface area contributed by atoms with E-state index in [1.54, 1.807) is 11.3 Å². The van der Waals surface area contributed by atoms with Crippen LogP contribution >= 0.6 is 11.3 Å². The monoisotopic (exact) mass is 502 g/mol. The largest absolute Gasteiger partial charge is 0.486 e. The molecule has 35 heavy (non-hydrogen) atoms. The van der Waals surface area contributed by atoms with Gasteiger partial charge in [0.15, 0.2) is 16.6 Å². The molecule has 1 saturated heterocycles. The highest BCUT2D eigenvalue weighted by atomic mass is 32.1. The molecule has 0 radical (unpaired) electrons.